The van der Waals surface area contributed by atoms with E-state index in [9.17, 15) is 8.42 Å². The Morgan fingerprint density at radius 1 is 1.33 bits per heavy atom. The van der Waals surface area contributed by atoms with Gasteiger partial charge in [0.15, 0.2) is 9.84 Å². The molecule has 0 saturated carbocycles. The highest BCUT2D eigenvalue weighted by molar-refractivity contribution is 7.91. The van der Waals surface area contributed by atoms with Crippen LogP contribution in [-0.4, -0.2) is 56.5 Å². The summed E-state index contributed by atoms with van der Waals surface area (Å²) < 4.78 is 23.4. The van der Waals surface area contributed by atoms with Gasteiger partial charge in [-0.2, -0.15) is 0 Å². The van der Waals surface area contributed by atoms with Crippen molar-refractivity contribution < 1.29 is 8.42 Å². The zero-order chi connectivity index (χ0) is 13.2. The summed E-state index contributed by atoms with van der Waals surface area (Å²) in [6.07, 6.45) is 3.04. The molecule has 3 unspecified atom stereocenters. The summed E-state index contributed by atoms with van der Waals surface area (Å²) in [7, 11) is -2.78. The lowest BCUT2D eigenvalue weighted by Gasteiger charge is -2.42. The van der Waals surface area contributed by atoms with Crippen LogP contribution in [0, 0.1) is 5.92 Å². The molecule has 1 N–H and O–H groups in total. The van der Waals surface area contributed by atoms with Crippen molar-refractivity contribution in [2.75, 3.05) is 31.1 Å². The van der Waals surface area contributed by atoms with Gasteiger partial charge in [-0.3, -0.25) is 4.90 Å². The molecular formula is C13H26N2O2S. The van der Waals surface area contributed by atoms with Crippen molar-refractivity contribution >= 4 is 9.84 Å². The van der Waals surface area contributed by atoms with Gasteiger partial charge in [0.25, 0.3) is 0 Å². The Morgan fingerprint density at radius 3 is 2.72 bits per heavy atom. The zero-order valence-electron chi connectivity index (χ0n) is 11.6. The van der Waals surface area contributed by atoms with E-state index in [1.54, 1.807) is 0 Å². The Kier molecular flexibility index (Phi) is 4.67. The first kappa shape index (κ1) is 14.3. The first-order chi connectivity index (χ1) is 8.52. The molecule has 2 saturated heterocycles. The molecule has 0 aromatic carbocycles. The summed E-state index contributed by atoms with van der Waals surface area (Å²) in [4.78, 5) is 2.41. The topological polar surface area (TPSA) is 49.4 Å². The van der Waals surface area contributed by atoms with Crippen LogP contribution in [0.4, 0.5) is 0 Å². The summed E-state index contributed by atoms with van der Waals surface area (Å²) >= 11 is 0. The first-order valence-corrected chi connectivity index (χ1v) is 9.02. The SMILES string of the molecule is CCNC1CCN(C2CCCS(=O)(=O)C2)CC1C. The number of piperidine rings is 1. The maximum absolute atomic E-state index is 11.7. The molecule has 18 heavy (non-hydrogen) atoms. The molecular weight excluding hydrogens is 248 g/mol. The van der Waals surface area contributed by atoms with E-state index >= 15 is 0 Å². The second-order valence-corrected chi connectivity index (χ2v) is 8.06. The molecule has 0 aromatic heterocycles. The van der Waals surface area contributed by atoms with E-state index in [0.717, 1.165) is 38.9 Å². The molecule has 2 aliphatic rings. The van der Waals surface area contributed by atoms with Gasteiger partial charge in [-0.15, -0.1) is 0 Å². The minimum absolute atomic E-state index is 0.272. The van der Waals surface area contributed by atoms with Gasteiger partial charge in [-0.25, -0.2) is 8.42 Å². The molecule has 2 fully saturated rings. The van der Waals surface area contributed by atoms with E-state index in [0.29, 0.717) is 23.5 Å². The smallest absolute Gasteiger partial charge is 0.151 e. The van der Waals surface area contributed by atoms with Crippen molar-refractivity contribution in [2.24, 2.45) is 5.92 Å². The molecule has 0 spiro atoms. The molecule has 2 heterocycles. The third kappa shape index (κ3) is 3.45. The molecule has 106 valence electrons. The lowest BCUT2D eigenvalue weighted by Crippen LogP contribution is -2.53. The fourth-order valence-corrected chi connectivity index (χ4v) is 5.10. The average Bonchev–Trinajstić information content (AvgIpc) is 2.30. The minimum Gasteiger partial charge on any atom is -0.314 e. The molecule has 2 rings (SSSR count). The van der Waals surface area contributed by atoms with E-state index in [2.05, 4.69) is 24.1 Å². The summed E-state index contributed by atoms with van der Waals surface area (Å²) in [5.41, 5.74) is 0. The van der Waals surface area contributed by atoms with Gasteiger partial charge in [-0.1, -0.05) is 13.8 Å². The number of likely N-dealkylation sites (tertiary alicyclic amines) is 1. The molecule has 0 bridgehead atoms. The lowest BCUT2D eigenvalue weighted by atomic mass is 9.92. The normalized spacial score (nSPS) is 37.6. The quantitative estimate of drug-likeness (QED) is 0.830. The van der Waals surface area contributed by atoms with Crippen molar-refractivity contribution in [1.82, 2.24) is 10.2 Å². The van der Waals surface area contributed by atoms with Gasteiger partial charge in [0.2, 0.25) is 0 Å². The Bertz CT molecular complexity index is 369. The third-order valence-electron chi connectivity index (χ3n) is 4.36. The largest absolute Gasteiger partial charge is 0.314 e. The molecule has 0 radical (unpaired) electrons. The van der Waals surface area contributed by atoms with Crippen LogP contribution < -0.4 is 5.32 Å². The summed E-state index contributed by atoms with van der Waals surface area (Å²) in [6, 6.07) is 0.875. The monoisotopic (exact) mass is 274 g/mol. The van der Waals surface area contributed by atoms with Crippen molar-refractivity contribution in [3.63, 3.8) is 0 Å². The van der Waals surface area contributed by atoms with E-state index in [-0.39, 0.29) is 6.04 Å². The summed E-state index contributed by atoms with van der Waals surface area (Å²) in [6.45, 7) is 7.52. The number of nitrogens with zero attached hydrogens (tertiary/aromatic N) is 1. The van der Waals surface area contributed by atoms with Crippen LogP contribution in [0.25, 0.3) is 0 Å². The maximum Gasteiger partial charge on any atom is 0.151 e. The van der Waals surface area contributed by atoms with Crippen molar-refractivity contribution in [1.29, 1.82) is 0 Å². The van der Waals surface area contributed by atoms with E-state index in [1.165, 1.54) is 0 Å². The second-order valence-electron chi connectivity index (χ2n) is 5.84. The standard InChI is InChI=1S/C13H26N2O2S/c1-3-14-13-6-7-15(9-11(13)2)12-5-4-8-18(16,17)10-12/h11-14H,3-10H2,1-2H3. The van der Waals surface area contributed by atoms with E-state index < -0.39 is 9.84 Å². The summed E-state index contributed by atoms with van der Waals surface area (Å²) in [5.74, 6) is 1.39. The third-order valence-corrected chi connectivity index (χ3v) is 6.16. The highest BCUT2D eigenvalue weighted by Crippen LogP contribution is 2.24. The van der Waals surface area contributed by atoms with Crippen LogP contribution in [0.1, 0.15) is 33.1 Å². The number of sulfone groups is 1. The highest BCUT2D eigenvalue weighted by Gasteiger charge is 2.33. The average molecular weight is 274 g/mol. The minimum atomic E-state index is -2.78. The first-order valence-electron chi connectivity index (χ1n) is 7.19. The van der Waals surface area contributed by atoms with Crippen LogP contribution in [-0.2, 0) is 9.84 Å². The summed E-state index contributed by atoms with van der Waals surface area (Å²) in [5, 5.41) is 3.53. The van der Waals surface area contributed by atoms with Crippen molar-refractivity contribution in [3.05, 3.63) is 0 Å². The molecule has 0 aliphatic carbocycles. The van der Waals surface area contributed by atoms with Gasteiger partial charge in [0, 0.05) is 18.6 Å². The number of hydrogen-bond acceptors (Lipinski definition) is 4. The molecule has 3 atom stereocenters. The predicted molar refractivity (Wildman–Crippen MR) is 74.5 cm³/mol. The van der Waals surface area contributed by atoms with Gasteiger partial charge in [-0.05, 0) is 38.3 Å². The fraction of sp³-hybridized carbons (Fsp3) is 1.00. The molecule has 0 aromatic rings. The zero-order valence-corrected chi connectivity index (χ0v) is 12.4. The van der Waals surface area contributed by atoms with Gasteiger partial charge < -0.3 is 5.32 Å². The fourth-order valence-electron chi connectivity index (χ4n) is 3.36. The Morgan fingerprint density at radius 2 is 2.11 bits per heavy atom. The van der Waals surface area contributed by atoms with Crippen LogP contribution in [0.2, 0.25) is 0 Å². The second kappa shape index (κ2) is 5.88. The molecule has 5 heteroatoms. The van der Waals surface area contributed by atoms with Crippen LogP contribution in [0.5, 0.6) is 0 Å². The Labute approximate surface area is 111 Å². The van der Waals surface area contributed by atoms with Gasteiger partial charge >= 0.3 is 0 Å². The van der Waals surface area contributed by atoms with Crippen LogP contribution >= 0.6 is 0 Å². The maximum atomic E-state index is 11.7. The van der Waals surface area contributed by atoms with Crippen molar-refractivity contribution in [2.45, 2.75) is 45.2 Å². The van der Waals surface area contributed by atoms with Crippen LogP contribution in [0.15, 0.2) is 0 Å². The predicted octanol–water partition coefficient (Wildman–Crippen LogP) is 0.884. The van der Waals surface area contributed by atoms with E-state index in [4.69, 9.17) is 0 Å². The number of hydrogen-bond donors (Lipinski definition) is 1. The lowest BCUT2D eigenvalue weighted by molar-refractivity contribution is 0.107. The Balaban J connectivity index is 1.92. The Hall–Kier alpha value is -0.130. The molecule has 0 amide bonds. The number of rotatable bonds is 3. The highest BCUT2D eigenvalue weighted by atomic mass is 32.2. The van der Waals surface area contributed by atoms with Gasteiger partial charge in [0.1, 0.15) is 0 Å². The molecule has 2 aliphatic heterocycles. The molecule has 4 nitrogen and oxygen atoms in total. The number of nitrogens with one attached hydrogen (secondary N) is 1. The van der Waals surface area contributed by atoms with Crippen LogP contribution in [0.3, 0.4) is 0 Å². The van der Waals surface area contributed by atoms with Crippen molar-refractivity contribution in [3.8, 4) is 0 Å². The van der Waals surface area contributed by atoms with Gasteiger partial charge in [0.05, 0.1) is 11.5 Å². The van der Waals surface area contributed by atoms with E-state index in [1.807, 2.05) is 0 Å².